The SMILES string of the molecule is CN=C(NCC1CCCN(C)C1c1cccc(Cl)c1)N1CCN(Cc2ccon2)CC1.I. The van der Waals surface area contributed by atoms with Crippen molar-refractivity contribution in [1.29, 1.82) is 0 Å². The Balaban J connectivity index is 0.00000289. The number of aliphatic imine (C=N–C) groups is 1. The van der Waals surface area contributed by atoms with Crippen LogP contribution in [0.3, 0.4) is 0 Å². The molecular weight excluding hydrogens is 539 g/mol. The summed E-state index contributed by atoms with van der Waals surface area (Å²) in [5.41, 5.74) is 2.29. The third-order valence-electron chi connectivity index (χ3n) is 6.48. The van der Waals surface area contributed by atoms with E-state index >= 15 is 0 Å². The van der Waals surface area contributed by atoms with Crippen LogP contribution >= 0.6 is 35.6 Å². The molecule has 1 N–H and O–H groups in total. The van der Waals surface area contributed by atoms with Gasteiger partial charge < -0.3 is 14.7 Å². The molecule has 3 heterocycles. The Morgan fingerprint density at radius 1 is 1.22 bits per heavy atom. The van der Waals surface area contributed by atoms with E-state index in [9.17, 15) is 0 Å². The van der Waals surface area contributed by atoms with Crippen LogP contribution in [0.25, 0.3) is 0 Å². The second-order valence-electron chi connectivity index (χ2n) is 8.56. The number of hydrogen-bond donors (Lipinski definition) is 1. The van der Waals surface area contributed by atoms with Crippen molar-refractivity contribution in [2.45, 2.75) is 25.4 Å². The van der Waals surface area contributed by atoms with E-state index in [1.54, 1.807) is 6.26 Å². The maximum atomic E-state index is 6.29. The third-order valence-corrected chi connectivity index (χ3v) is 6.72. The summed E-state index contributed by atoms with van der Waals surface area (Å²) in [4.78, 5) is 11.8. The van der Waals surface area contributed by atoms with E-state index in [4.69, 9.17) is 16.1 Å². The van der Waals surface area contributed by atoms with Gasteiger partial charge in [-0.05, 0) is 50.0 Å². The quantitative estimate of drug-likeness (QED) is 0.335. The molecule has 0 radical (unpaired) electrons. The van der Waals surface area contributed by atoms with Gasteiger partial charge in [0, 0.05) is 63.4 Å². The number of likely N-dealkylation sites (tertiary alicyclic amines) is 1. The molecule has 1 aromatic carbocycles. The first-order valence-electron chi connectivity index (χ1n) is 11.2. The first-order valence-corrected chi connectivity index (χ1v) is 11.5. The van der Waals surface area contributed by atoms with Gasteiger partial charge in [-0.2, -0.15) is 0 Å². The van der Waals surface area contributed by atoms with Crippen molar-refractivity contribution in [3.63, 3.8) is 0 Å². The average molecular weight is 573 g/mol. The Bertz CT molecular complexity index is 856. The van der Waals surface area contributed by atoms with Gasteiger partial charge in [0.15, 0.2) is 5.96 Å². The predicted octanol–water partition coefficient (Wildman–Crippen LogP) is 3.72. The molecule has 0 spiro atoms. The highest BCUT2D eigenvalue weighted by molar-refractivity contribution is 14.0. The molecule has 0 aliphatic carbocycles. The number of guanidine groups is 1. The predicted molar refractivity (Wildman–Crippen MR) is 140 cm³/mol. The molecule has 2 aliphatic heterocycles. The van der Waals surface area contributed by atoms with Crippen molar-refractivity contribution >= 4 is 41.5 Å². The largest absolute Gasteiger partial charge is 0.364 e. The van der Waals surface area contributed by atoms with Crippen LogP contribution in [0.4, 0.5) is 0 Å². The van der Waals surface area contributed by atoms with Crippen LogP contribution in [0.5, 0.6) is 0 Å². The van der Waals surface area contributed by atoms with Crippen molar-refractivity contribution in [3.8, 4) is 0 Å². The van der Waals surface area contributed by atoms with E-state index in [2.05, 4.69) is 55.4 Å². The third kappa shape index (κ3) is 6.36. The second-order valence-corrected chi connectivity index (χ2v) is 9.00. The normalized spacial score (nSPS) is 23.1. The van der Waals surface area contributed by atoms with E-state index in [0.717, 1.165) is 62.5 Å². The van der Waals surface area contributed by atoms with E-state index in [1.165, 1.54) is 18.4 Å². The van der Waals surface area contributed by atoms with Crippen LogP contribution in [0, 0.1) is 5.92 Å². The van der Waals surface area contributed by atoms with Crippen LogP contribution in [-0.4, -0.2) is 79.2 Å². The highest BCUT2D eigenvalue weighted by Gasteiger charge is 2.31. The summed E-state index contributed by atoms with van der Waals surface area (Å²) in [6, 6.07) is 10.6. The maximum absolute atomic E-state index is 6.29. The summed E-state index contributed by atoms with van der Waals surface area (Å²) in [7, 11) is 4.10. The molecule has 2 aliphatic rings. The van der Waals surface area contributed by atoms with Crippen LogP contribution in [0.2, 0.25) is 5.02 Å². The van der Waals surface area contributed by atoms with Crippen molar-refractivity contribution in [1.82, 2.24) is 25.2 Å². The summed E-state index contributed by atoms with van der Waals surface area (Å²) < 4.78 is 4.95. The van der Waals surface area contributed by atoms with Gasteiger partial charge in [-0.25, -0.2) is 0 Å². The Hall–Kier alpha value is -1.36. The Kier molecular flexibility index (Phi) is 9.63. The Labute approximate surface area is 213 Å². The summed E-state index contributed by atoms with van der Waals surface area (Å²) >= 11 is 6.29. The average Bonchev–Trinajstić information content (AvgIpc) is 3.28. The molecule has 1 aromatic heterocycles. The standard InChI is InChI=1S/C23H33ClN6O.HI/c1-25-23(30-12-10-29(11-13-30)17-21-8-14-31-27-21)26-16-19-6-4-9-28(2)22(19)18-5-3-7-20(24)15-18;/h3,5,7-8,14-15,19,22H,4,6,9-13,16-17H2,1-2H3,(H,25,26);1H. The van der Waals surface area contributed by atoms with Crippen LogP contribution in [0.15, 0.2) is 46.1 Å². The molecule has 32 heavy (non-hydrogen) atoms. The molecule has 2 atom stereocenters. The Morgan fingerprint density at radius 2 is 2.03 bits per heavy atom. The monoisotopic (exact) mass is 572 g/mol. The smallest absolute Gasteiger partial charge is 0.193 e. The first kappa shape index (κ1) is 25.3. The molecule has 0 bridgehead atoms. The van der Waals surface area contributed by atoms with Gasteiger partial charge in [0.2, 0.25) is 0 Å². The van der Waals surface area contributed by atoms with Gasteiger partial charge in [0.05, 0.1) is 5.69 Å². The van der Waals surface area contributed by atoms with E-state index in [0.29, 0.717) is 12.0 Å². The van der Waals surface area contributed by atoms with Crippen LogP contribution < -0.4 is 5.32 Å². The molecule has 4 rings (SSSR count). The molecule has 2 unspecified atom stereocenters. The number of aromatic nitrogens is 1. The topological polar surface area (TPSA) is 60.1 Å². The van der Waals surface area contributed by atoms with E-state index in [1.807, 2.05) is 19.2 Å². The number of nitrogens with one attached hydrogen (secondary N) is 1. The van der Waals surface area contributed by atoms with Crippen LogP contribution in [-0.2, 0) is 6.54 Å². The van der Waals surface area contributed by atoms with Crippen LogP contribution in [0.1, 0.15) is 30.1 Å². The lowest BCUT2D eigenvalue weighted by atomic mass is 9.85. The second kappa shape index (κ2) is 12.2. The van der Waals surface area contributed by atoms with Gasteiger partial charge in [-0.3, -0.25) is 14.8 Å². The molecular formula is C23H34ClIN6O. The molecule has 0 amide bonds. The van der Waals surface area contributed by atoms with Gasteiger partial charge in [-0.1, -0.05) is 28.9 Å². The highest BCUT2D eigenvalue weighted by Crippen LogP contribution is 2.35. The summed E-state index contributed by atoms with van der Waals surface area (Å²) in [6.07, 6.45) is 4.06. The lowest BCUT2D eigenvalue weighted by Gasteiger charge is -2.41. The molecule has 2 saturated heterocycles. The summed E-state index contributed by atoms with van der Waals surface area (Å²) in [5, 5.41) is 8.51. The number of benzene rings is 1. The van der Waals surface area contributed by atoms with E-state index in [-0.39, 0.29) is 24.0 Å². The molecule has 176 valence electrons. The minimum absolute atomic E-state index is 0. The van der Waals surface area contributed by atoms with Gasteiger partial charge in [-0.15, -0.1) is 24.0 Å². The van der Waals surface area contributed by atoms with Crippen molar-refractivity contribution in [2.24, 2.45) is 10.9 Å². The zero-order chi connectivity index (χ0) is 21.6. The van der Waals surface area contributed by atoms with Crippen molar-refractivity contribution in [3.05, 3.63) is 52.9 Å². The lowest BCUT2D eigenvalue weighted by molar-refractivity contribution is 0.121. The zero-order valence-corrected chi connectivity index (χ0v) is 22.0. The Morgan fingerprint density at radius 3 is 2.72 bits per heavy atom. The molecule has 0 saturated carbocycles. The fourth-order valence-corrected chi connectivity index (χ4v) is 5.11. The molecule has 2 aromatic rings. The lowest BCUT2D eigenvalue weighted by Crippen LogP contribution is -2.53. The number of halogens is 2. The number of rotatable bonds is 5. The number of hydrogen-bond acceptors (Lipinski definition) is 5. The minimum Gasteiger partial charge on any atom is -0.364 e. The maximum Gasteiger partial charge on any atom is 0.193 e. The van der Waals surface area contributed by atoms with Gasteiger partial charge in [0.1, 0.15) is 6.26 Å². The first-order chi connectivity index (χ1) is 15.1. The zero-order valence-electron chi connectivity index (χ0n) is 18.9. The number of piperazine rings is 1. The summed E-state index contributed by atoms with van der Waals surface area (Å²) in [5.74, 6) is 1.52. The molecule has 9 heteroatoms. The fraction of sp³-hybridized carbons (Fsp3) is 0.565. The summed E-state index contributed by atoms with van der Waals surface area (Å²) in [6.45, 7) is 6.77. The number of piperidine rings is 1. The number of nitrogens with zero attached hydrogens (tertiary/aromatic N) is 5. The minimum atomic E-state index is 0. The molecule has 7 nitrogen and oxygen atoms in total. The van der Waals surface area contributed by atoms with Gasteiger partial charge in [0.25, 0.3) is 0 Å². The van der Waals surface area contributed by atoms with Crippen molar-refractivity contribution in [2.75, 3.05) is 53.4 Å². The molecule has 2 fully saturated rings. The van der Waals surface area contributed by atoms with E-state index < -0.39 is 0 Å². The highest BCUT2D eigenvalue weighted by atomic mass is 127. The van der Waals surface area contributed by atoms with Crippen molar-refractivity contribution < 1.29 is 4.52 Å². The fourth-order valence-electron chi connectivity index (χ4n) is 4.91. The van der Waals surface area contributed by atoms with Gasteiger partial charge >= 0.3 is 0 Å².